The van der Waals surface area contributed by atoms with Crippen LogP contribution in [0.15, 0.2) is 71.3 Å². The van der Waals surface area contributed by atoms with Crippen molar-refractivity contribution in [3.8, 4) is 6.07 Å². The molecule has 7 heteroatoms. The number of Topliss-reactive ketones (excluding diaryl/α,β-unsaturated/α-hetero) is 1. The van der Waals surface area contributed by atoms with E-state index in [0.717, 1.165) is 9.54 Å². The Kier molecular flexibility index (Phi) is 5.08. The summed E-state index contributed by atoms with van der Waals surface area (Å²) in [5, 5.41) is 10.00. The molecule has 0 bridgehead atoms. The SMILES string of the molecule is Cc1ccc(S(=O)(=O)n2c(C(=O)/C(C#N)=C\N(C)C)cc3ccccc32)cc1. The molecule has 0 atom stereocenters. The number of rotatable bonds is 5. The lowest BCUT2D eigenvalue weighted by atomic mass is 10.1. The molecule has 0 aliphatic rings. The van der Waals surface area contributed by atoms with Crippen molar-refractivity contribution in [2.45, 2.75) is 11.8 Å². The van der Waals surface area contributed by atoms with Crippen molar-refractivity contribution >= 4 is 26.7 Å². The summed E-state index contributed by atoms with van der Waals surface area (Å²) in [5.74, 6) is -0.650. The number of benzene rings is 2. The molecule has 0 aliphatic carbocycles. The van der Waals surface area contributed by atoms with E-state index < -0.39 is 15.8 Å². The largest absolute Gasteiger partial charge is 0.382 e. The maximum absolute atomic E-state index is 13.4. The van der Waals surface area contributed by atoms with Crippen LogP contribution in [-0.4, -0.2) is 37.2 Å². The number of carbonyl (C=O) groups excluding carboxylic acids is 1. The van der Waals surface area contributed by atoms with Gasteiger partial charge >= 0.3 is 0 Å². The number of fused-ring (bicyclic) bond motifs is 1. The minimum absolute atomic E-state index is 0.0728. The van der Waals surface area contributed by atoms with Gasteiger partial charge in [0.05, 0.1) is 10.4 Å². The maximum Gasteiger partial charge on any atom is 0.268 e. The fourth-order valence-corrected chi connectivity index (χ4v) is 4.41. The van der Waals surface area contributed by atoms with Crippen LogP contribution in [0.2, 0.25) is 0 Å². The van der Waals surface area contributed by atoms with E-state index in [1.54, 1.807) is 55.4 Å². The van der Waals surface area contributed by atoms with Crippen LogP contribution in [0.3, 0.4) is 0 Å². The van der Waals surface area contributed by atoms with Crippen LogP contribution in [0, 0.1) is 18.3 Å². The van der Waals surface area contributed by atoms with E-state index in [-0.39, 0.29) is 16.2 Å². The van der Waals surface area contributed by atoms with Crippen molar-refractivity contribution < 1.29 is 13.2 Å². The quantitative estimate of drug-likeness (QED) is 0.377. The minimum atomic E-state index is -4.04. The molecule has 0 saturated carbocycles. The molecule has 0 N–H and O–H groups in total. The van der Waals surface area contributed by atoms with E-state index in [9.17, 15) is 18.5 Å². The Morgan fingerprint density at radius 3 is 2.36 bits per heavy atom. The molecule has 3 aromatic rings. The molecule has 28 heavy (non-hydrogen) atoms. The third-order valence-electron chi connectivity index (χ3n) is 4.21. The fourth-order valence-electron chi connectivity index (χ4n) is 2.90. The third-order valence-corrected chi connectivity index (χ3v) is 5.95. The van der Waals surface area contributed by atoms with Gasteiger partial charge in [0.25, 0.3) is 10.0 Å². The Bertz CT molecular complexity index is 1230. The van der Waals surface area contributed by atoms with Gasteiger partial charge in [0.1, 0.15) is 17.3 Å². The monoisotopic (exact) mass is 393 g/mol. The van der Waals surface area contributed by atoms with E-state index in [1.807, 2.05) is 13.0 Å². The molecule has 0 spiro atoms. The van der Waals surface area contributed by atoms with Crippen molar-refractivity contribution in [3.63, 3.8) is 0 Å². The van der Waals surface area contributed by atoms with Gasteiger partial charge in [-0.15, -0.1) is 0 Å². The molecule has 1 aromatic heterocycles. The highest BCUT2D eigenvalue weighted by atomic mass is 32.2. The zero-order chi connectivity index (χ0) is 20.5. The average molecular weight is 393 g/mol. The number of hydrogen-bond donors (Lipinski definition) is 0. The molecule has 1 heterocycles. The van der Waals surface area contributed by atoms with Crippen LogP contribution < -0.4 is 0 Å². The Hall–Kier alpha value is -3.37. The second kappa shape index (κ2) is 7.33. The topological polar surface area (TPSA) is 83.2 Å². The lowest BCUT2D eigenvalue weighted by molar-refractivity contribution is 0.103. The third kappa shape index (κ3) is 3.42. The Labute approximate surface area is 164 Å². The minimum Gasteiger partial charge on any atom is -0.382 e. The van der Waals surface area contributed by atoms with Gasteiger partial charge in [-0.05, 0) is 31.2 Å². The zero-order valence-corrected chi connectivity index (χ0v) is 16.6. The normalized spacial score (nSPS) is 12.0. The summed E-state index contributed by atoms with van der Waals surface area (Å²) in [6.07, 6.45) is 1.38. The zero-order valence-electron chi connectivity index (χ0n) is 15.7. The lowest BCUT2D eigenvalue weighted by Crippen LogP contribution is -2.20. The summed E-state index contributed by atoms with van der Waals surface area (Å²) in [5.41, 5.74) is 1.09. The maximum atomic E-state index is 13.4. The predicted molar refractivity (Wildman–Crippen MR) is 107 cm³/mol. The lowest BCUT2D eigenvalue weighted by Gasteiger charge is -2.12. The smallest absolute Gasteiger partial charge is 0.268 e. The molecule has 6 nitrogen and oxygen atoms in total. The highest BCUT2D eigenvalue weighted by Crippen LogP contribution is 2.27. The number of aromatic nitrogens is 1. The molecule has 2 aromatic carbocycles. The van der Waals surface area contributed by atoms with Crippen LogP contribution in [0.25, 0.3) is 10.9 Å². The highest BCUT2D eigenvalue weighted by Gasteiger charge is 2.27. The molecule has 0 radical (unpaired) electrons. The Balaban J connectivity index is 2.31. The van der Waals surface area contributed by atoms with E-state index in [0.29, 0.717) is 10.9 Å². The number of hydrogen-bond acceptors (Lipinski definition) is 5. The first-order valence-electron chi connectivity index (χ1n) is 8.51. The molecule has 3 rings (SSSR count). The standard InChI is InChI=1S/C21H19N3O3S/c1-15-8-10-18(11-9-15)28(26,27)24-19-7-5-4-6-16(19)12-20(24)21(25)17(13-22)14-23(2)3/h4-12,14H,1-3H3/b17-14-. The van der Waals surface area contributed by atoms with Crippen LogP contribution in [0.4, 0.5) is 0 Å². The Morgan fingerprint density at radius 2 is 1.75 bits per heavy atom. The summed E-state index contributed by atoms with van der Waals surface area (Å²) >= 11 is 0. The van der Waals surface area contributed by atoms with Crippen molar-refractivity contribution in [1.29, 1.82) is 5.26 Å². The van der Waals surface area contributed by atoms with Gasteiger partial charge in [-0.3, -0.25) is 4.79 Å². The van der Waals surface area contributed by atoms with Gasteiger partial charge in [0, 0.05) is 25.7 Å². The van der Waals surface area contributed by atoms with E-state index in [2.05, 4.69) is 0 Å². The van der Waals surface area contributed by atoms with Gasteiger partial charge in [-0.2, -0.15) is 5.26 Å². The second-order valence-corrected chi connectivity index (χ2v) is 8.40. The second-order valence-electron chi connectivity index (χ2n) is 6.62. The molecular formula is C21H19N3O3S. The summed E-state index contributed by atoms with van der Waals surface area (Å²) in [6.45, 7) is 1.86. The number of allylic oxidation sites excluding steroid dienone is 1. The number of nitrogens with zero attached hydrogens (tertiary/aromatic N) is 3. The van der Waals surface area contributed by atoms with Crippen molar-refractivity contribution in [1.82, 2.24) is 8.87 Å². The van der Waals surface area contributed by atoms with Crippen molar-refractivity contribution in [2.24, 2.45) is 0 Å². The van der Waals surface area contributed by atoms with E-state index in [1.165, 1.54) is 24.4 Å². The first-order chi connectivity index (χ1) is 13.3. The number of ketones is 1. The molecule has 0 amide bonds. The van der Waals surface area contributed by atoms with E-state index >= 15 is 0 Å². The van der Waals surface area contributed by atoms with Crippen molar-refractivity contribution in [2.75, 3.05) is 14.1 Å². The van der Waals surface area contributed by atoms with Gasteiger partial charge in [0.2, 0.25) is 5.78 Å². The molecule has 0 fully saturated rings. The van der Waals surface area contributed by atoms with Crippen molar-refractivity contribution in [3.05, 3.63) is 77.6 Å². The molecule has 142 valence electrons. The first kappa shape index (κ1) is 19.4. The number of carbonyl (C=O) groups is 1. The number of nitriles is 1. The molecule has 0 unspecified atom stereocenters. The molecule has 0 saturated heterocycles. The summed E-state index contributed by atoms with van der Waals surface area (Å²) in [7, 11) is -0.672. The average Bonchev–Trinajstić information content (AvgIpc) is 3.06. The number of para-hydroxylation sites is 1. The Morgan fingerprint density at radius 1 is 1.11 bits per heavy atom. The van der Waals surface area contributed by atoms with Crippen LogP contribution in [0.5, 0.6) is 0 Å². The summed E-state index contributed by atoms with van der Waals surface area (Å²) in [4.78, 5) is 14.7. The summed E-state index contributed by atoms with van der Waals surface area (Å²) in [6, 6.07) is 16.6. The predicted octanol–water partition coefficient (Wildman–Crippen LogP) is 3.34. The van der Waals surface area contributed by atoms with Crippen LogP contribution in [0.1, 0.15) is 16.1 Å². The fraction of sp³-hybridized carbons (Fsp3) is 0.143. The highest BCUT2D eigenvalue weighted by molar-refractivity contribution is 7.90. The molecule has 0 aliphatic heterocycles. The van der Waals surface area contributed by atoms with Crippen LogP contribution in [-0.2, 0) is 10.0 Å². The van der Waals surface area contributed by atoms with E-state index in [4.69, 9.17) is 0 Å². The van der Waals surface area contributed by atoms with Gasteiger partial charge in [0.15, 0.2) is 0 Å². The summed E-state index contributed by atoms with van der Waals surface area (Å²) < 4.78 is 27.8. The van der Waals surface area contributed by atoms with Gasteiger partial charge < -0.3 is 4.90 Å². The molecular weight excluding hydrogens is 374 g/mol. The first-order valence-corrected chi connectivity index (χ1v) is 9.95. The van der Waals surface area contributed by atoms with Gasteiger partial charge in [-0.1, -0.05) is 35.9 Å². The van der Waals surface area contributed by atoms with Gasteiger partial charge in [-0.25, -0.2) is 12.4 Å². The van der Waals surface area contributed by atoms with Crippen LogP contribution >= 0.6 is 0 Å². The number of aryl methyl sites for hydroxylation is 1.